The van der Waals surface area contributed by atoms with Gasteiger partial charge < -0.3 is 34.8 Å². The van der Waals surface area contributed by atoms with Crippen LogP contribution in [0.2, 0.25) is 0 Å². The van der Waals surface area contributed by atoms with Gasteiger partial charge in [0.15, 0.2) is 11.0 Å². The lowest BCUT2D eigenvalue weighted by Crippen LogP contribution is -3.04. The summed E-state index contributed by atoms with van der Waals surface area (Å²) in [6.07, 6.45) is 11.3. The maximum absolute atomic E-state index is 14.1. The number of rotatable bonds is 11. The number of nitrogen functional groups attached to an aromatic ring is 1. The number of allylic oxidation sites excluding steroid dienone is 1. The minimum atomic E-state index is -1.06. The lowest BCUT2D eigenvalue weighted by Gasteiger charge is -2.45. The second-order valence-corrected chi connectivity index (χ2v) is 17.0. The molecule has 5 aliphatic rings. The van der Waals surface area contributed by atoms with Crippen molar-refractivity contribution in [3.05, 3.63) is 92.7 Å². The van der Waals surface area contributed by atoms with E-state index < -0.39 is 23.3 Å². The molecule has 1 spiro atoms. The highest BCUT2D eigenvalue weighted by molar-refractivity contribution is 5.88. The summed E-state index contributed by atoms with van der Waals surface area (Å²) in [6, 6.07) is 11.1. The highest BCUT2D eigenvalue weighted by Gasteiger charge is 2.65. The maximum Gasteiger partial charge on any atom is 0.341 e. The summed E-state index contributed by atoms with van der Waals surface area (Å²) in [4.78, 5) is 42.5. The van der Waals surface area contributed by atoms with Crippen molar-refractivity contribution < 1.29 is 33.4 Å². The first-order valence-corrected chi connectivity index (χ1v) is 20.6. The predicted molar refractivity (Wildman–Crippen MR) is 220 cm³/mol. The number of epoxide rings is 1. The molecule has 0 bridgehead atoms. The number of aromatic hydroxyl groups is 1. The number of pyridine rings is 2. The van der Waals surface area contributed by atoms with E-state index in [0.717, 1.165) is 66.4 Å². The number of aliphatic imine (C=N–C) groups is 1. The van der Waals surface area contributed by atoms with Crippen molar-refractivity contribution in [3.8, 4) is 22.8 Å². The van der Waals surface area contributed by atoms with E-state index in [9.17, 15) is 14.7 Å². The van der Waals surface area contributed by atoms with Gasteiger partial charge in [0, 0.05) is 47.5 Å². The van der Waals surface area contributed by atoms with E-state index in [2.05, 4.69) is 41.6 Å². The van der Waals surface area contributed by atoms with Gasteiger partial charge in [0.25, 0.3) is 0 Å². The van der Waals surface area contributed by atoms with Crippen LogP contribution in [0.1, 0.15) is 94.2 Å². The number of aromatic nitrogens is 2. The molecule has 2 saturated heterocycles. The first kappa shape index (κ1) is 38.0. The van der Waals surface area contributed by atoms with Crippen molar-refractivity contribution in [2.45, 2.75) is 115 Å². The summed E-state index contributed by atoms with van der Waals surface area (Å²) in [5, 5.41) is 15.1. The third kappa shape index (κ3) is 7.04. The molecule has 5 unspecified atom stereocenters. The Labute approximate surface area is 337 Å². The Morgan fingerprint density at radius 2 is 1.95 bits per heavy atom. The zero-order chi connectivity index (χ0) is 40.3. The number of hydrogen-bond donors (Lipinski definition) is 4. The highest BCUT2D eigenvalue weighted by atomic mass is 16.7. The van der Waals surface area contributed by atoms with Gasteiger partial charge in [0.2, 0.25) is 0 Å². The van der Waals surface area contributed by atoms with Gasteiger partial charge in [-0.2, -0.15) is 0 Å². The highest BCUT2D eigenvalue weighted by Crippen LogP contribution is 2.54. The Balaban J connectivity index is 0.915. The Morgan fingerprint density at radius 3 is 2.78 bits per heavy atom. The van der Waals surface area contributed by atoms with Crippen molar-refractivity contribution in [2.75, 3.05) is 24.1 Å². The first-order chi connectivity index (χ1) is 27.9. The number of benzene rings is 1. The predicted octanol–water partition coefficient (Wildman–Crippen LogP) is 5.82. The molecule has 0 radical (unpaired) electrons. The number of unbranched alkanes of at least 4 members (excludes halogenated alkanes) is 2. The monoisotopic (exact) mass is 787 g/mol. The summed E-state index contributed by atoms with van der Waals surface area (Å²) in [5.74, 6) is 1.10. The number of nitrogens with two attached hydrogens (primary N) is 1. The number of phenols is 1. The van der Waals surface area contributed by atoms with Gasteiger partial charge in [-0.05, 0) is 95.2 Å². The molecule has 9 rings (SSSR count). The van der Waals surface area contributed by atoms with Crippen molar-refractivity contribution in [1.29, 1.82) is 0 Å². The number of aryl methyl sites for hydroxylation is 2. The number of anilines is 2. The van der Waals surface area contributed by atoms with Gasteiger partial charge in [-0.15, -0.1) is 0 Å². The van der Waals surface area contributed by atoms with Gasteiger partial charge in [-0.25, -0.2) is 14.8 Å². The number of nitrogens with zero attached hydrogens (tertiary/aromatic N) is 3. The van der Waals surface area contributed by atoms with Crippen LogP contribution < -0.4 is 26.1 Å². The van der Waals surface area contributed by atoms with E-state index in [0.29, 0.717) is 61.5 Å². The number of ether oxygens (including phenoxy) is 3. The molecular weight excluding hydrogens is 737 g/mol. The lowest BCUT2D eigenvalue weighted by molar-refractivity contribution is -0.852. The molecule has 4 aromatic rings. The summed E-state index contributed by atoms with van der Waals surface area (Å²) in [7, 11) is 0. The fourth-order valence-corrected chi connectivity index (χ4v) is 9.37. The molecule has 5 N–H and O–H groups in total. The van der Waals surface area contributed by atoms with Crippen LogP contribution in [0.5, 0.6) is 11.5 Å². The van der Waals surface area contributed by atoms with Crippen LogP contribution in [0.3, 0.4) is 0 Å². The summed E-state index contributed by atoms with van der Waals surface area (Å²) >= 11 is 0. The molecule has 13 nitrogen and oxygen atoms in total. The van der Waals surface area contributed by atoms with Gasteiger partial charge in [0.05, 0.1) is 17.5 Å². The minimum Gasteiger partial charge on any atom is -0.507 e. The van der Waals surface area contributed by atoms with Gasteiger partial charge in [-0.3, -0.25) is 14.7 Å². The zero-order valence-electron chi connectivity index (χ0n) is 33.5. The minimum absolute atomic E-state index is 0.0992. The van der Waals surface area contributed by atoms with Gasteiger partial charge in [-0.1, -0.05) is 19.8 Å². The Bertz CT molecular complexity index is 2470. The third-order valence-corrected chi connectivity index (χ3v) is 12.2. The van der Waals surface area contributed by atoms with Crippen LogP contribution in [0, 0.1) is 6.92 Å². The quantitative estimate of drug-likeness (QED) is 0.0818. The van der Waals surface area contributed by atoms with Crippen LogP contribution in [-0.4, -0.2) is 63.8 Å². The smallest absolute Gasteiger partial charge is 0.341 e. The molecule has 58 heavy (non-hydrogen) atoms. The Kier molecular flexibility index (Phi) is 9.63. The van der Waals surface area contributed by atoms with Gasteiger partial charge in [0.1, 0.15) is 76.6 Å². The number of carbonyl (C=O) groups is 1. The van der Waals surface area contributed by atoms with Crippen molar-refractivity contribution in [1.82, 2.24) is 9.97 Å². The van der Waals surface area contributed by atoms with Gasteiger partial charge >= 0.3 is 5.97 Å². The van der Waals surface area contributed by atoms with Crippen LogP contribution in [0.15, 0.2) is 74.1 Å². The van der Waals surface area contributed by atoms with E-state index in [4.69, 9.17) is 34.3 Å². The van der Waals surface area contributed by atoms with Crippen LogP contribution >= 0.6 is 0 Å². The van der Waals surface area contributed by atoms with Crippen LogP contribution in [0.25, 0.3) is 22.2 Å². The standard InChI is InChI=1S/C45H50N6O7/c1-5-6-7-14-48-38-20-28(19-29(49-38)23-51-22-27-12-15-47-32(27)24-51)31-17-26(18-37(46)50-31)10-11-36-45(58-36)13-8-9-30-39-35(57-44(3,4)42(30)56-43(45)54)21-34-40(41(39)53)33(52)16-25(2)55-34/h12,15-21,24,30,36,42,53H,5-11,13-14,22-23H2,1-4H3,(H2,46,50)(H,48,49)/p+1. The van der Waals surface area contributed by atoms with Crippen LogP contribution in [0.4, 0.5) is 11.6 Å². The maximum atomic E-state index is 14.1. The Hall–Kier alpha value is -5.53. The topological polar surface area (TPSA) is 179 Å². The molecule has 5 atom stereocenters. The van der Waals surface area contributed by atoms with E-state index in [1.807, 2.05) is 32.2 Å². The molecule has 0 aliphatic carbocycles. The molecule has 13 heteroatoms. The SMILES string of the molecule is CCCCCNc1cc(-c2cc(CCC3OC34CCCC3c5c(cc6oc(C)cc(=O)c6c5O)OC(C)(C)C3OC4=O)cc(N)n2)cc(C[NH+]2C=C3N=CC=C3C2)n1. The fraction of sp³-hybridized carbons (Fsp3) is 0.444. The molecule has 8 heterocycles. The lowest BCUT2D eigenvalue weighted by atomic mass is 9.76. The third-order valence-electron chi connectivity index (χ3n) is 12.2. The number of hydrogen-bond acceptors (Lipinski definition) is 12. The molecule has 302 valence electrons. The second-order valence-electron chi connectivity index (χ2n) is 17.0. The summed E-state index contributed by atoms with van der Waals surface area (Å²) in [5.41, 5.74) is 10.8. The number of quaternary nitrogens is 1. The average molecular weight is 788 g/mol. The fourth-order valence-electron chi connectivity index (χ4n) is 9.37. The normalized spacial score (nSPS) is 25.2. The van der Waals surface area contributed by atoms with Crippen molar-refractivity contribution in [2.24, 2.45) is 4.99 Å². The molecule has 2 fully saturated rings. The Morgan fingerprint density at radius 1 is 1.09 bits per heavy atom. The first-order valence-electron chi connectivity index (χ1n) is 20.6. The van der Waals surface area contributed by atoms with E-state index in [1.165, 1.54) is 16.5 Å². The number of fused-ring (bicyclic) bond motifs is 5. The van der Waals surface area contributed by atoms with E-state index in [-0.39, 0.29) is 34.2 Å². The molecule has 1 aromatic carbocycles. The number of esters is 1. The summed E-state index contributed by atoms with van der Waals surface area (Å²) in [6.45, 7) is 10.1. The second kappa shape index (κ2) is 14.7. The molecule has 0 saturated carbocycles. The van der Waals surface area contributed by atoms with E-state index in [1.54, 1.807) is 13.0 Å². The number of carbonyl (C=O) groups excluding carboxylic acids is 1. The van der Waals surface area contributed by atoms with Crippen LogP contribution in [-0.2, 0) is 27.2 Å². The zero-order valence-corrected chi connectivity index (χ0v) is 33.5. The summed E-state index contributed by atoms with van der Waals surface area (Å²) < 4.78 is 24.8. The molecule has 0 amide bonds. The average Bonchev–Trinajstić information content (AvgIpc) is 3.49. The molecule has 3 aromatic heterocycles. The largest absolute Gasteiger partial charge is 0.507 e. The van der Waals surface area contributed by atoms with Crippen molar-refractivity contribution in [3.63, 3.8) is 0 Å². The number of phenolic OH excluding ortho intramolecular Hbond substituents is 1. The van der Waals surface area contributed by atoms with Crippen molar-refractivity contribution >= 4 is 34.8 Å². The molecule has 5 aliphatic heterocycles. The number of nitrogens with one attached hydrogen (secondary N) is 2. The van der Waals surface area contributed by atoms with E-state index >= 15 is 0 Å². The molecular formula is C45H51N6O7+.